The van der Waals surface area contributed by atoms with Crippen LogP contribution in [0, 0.1) is 0 Å². The van der Waals surface area contributed by atoms with Crippen molar-refractivity contribution in [2.45, 2.75) is 418 Å². The van der Waals surface area contributed by atoms with E-state index in [2.05, 4.69) is 43.5 Å². The third-order valence-electron chi connectivity index (χ3n) is 17.0. The van der Waals surface area contributed by atoms with Gasteiger partial charge in [0.05, 0.1) is 25.4 Å². The number of rotatable bonds is 68. The highest BCUT2D eigenvalue weighted by Crippen LogP contribution is 2.19. The summed E-state index contributed by atoms with van der Waals surface area (Å²) in [7, 11) is 0. The van der Waals surface area contributed by atoms with Crippen LogP contribution in [0.4, 0.5) is 0 Å². The summed E-state index contributed by atoms with van der Waals surface area (Å²) < 4.78 is 5.48. The van der Waals surface area contributed by atoms with E-state index in [0.29, 0.717) is 25.9 Å². The first-order chi connectivity index (χ1) is 39.0. The van der Waals surface area contributed by atoms with Crippen molar-refractivity contribution in [3.8, 4) is 0 Å². The molecule has 0 aliphatic carbocycles. The fraction of sp³-hybridized carbons (Fsp3) is 0.918. The maximum absolute atomic E-state index is 12.5. The number of aliphatic hydroxyl groups is 2. The van der Waals surface area contributed by atoms with Crippen LogP contribution in [0.15, 0.2) is 24.3 Å². The highest BCUT2D eigenvalue weighted by molar-refractivity contribution is 5.76. The first-order valence-electron chi connectivity index (χ1n) is 36.1. The number of unbranched alkanes of at least 4 members (excludes halogenated alkanes) is 53. The van der Waals surface area contributed by atoms with Gasteiger partial charge in [0.15, 0.2) is 0 Å². The molecule has 0 aromatic carbocycles. The van der Waals surface area contributed by atoms with E-state index in [1.54, 1.807) is 0 Å². The Balaban J connectivity index is 3.36. The molecule has 0 spiro atoms. The summed E-state index contributed by atoms with van der Waals surface area (Å²) >= 11 is 0. The van der Waals surface area contributed by atoms with E-state index in [9.17, 15) is 19.8 Å². The van der Waals surface area contributed by atoms with Crippen LogP contribution in [-0.2, 0) is 14.3 Å². The van der Waals surface area contributed by atoms with E-state index in [4.69, 9.17) is 4.74 Å². The first-order valence-corrected chi connectivity index (χ1v) is 36.1. The van der Waals surface area contributed by atoms with Crippen molar-refractivity contribution in [3.05, 3.63) is 24.3 Å². The van der Waals surface area contributed by atoms with Crippen molar-refractivity contribution < 1.29 is 24.5 Å². The lowest BCUT2D eigenvalue weighted by molar-refractivity contribution is -0.143. The zero-order valence-corrected chi connectivity index (χ0v) is 53.6. The van der Waals surface area contributed by atoms with Crippen LogP contribution >= 0.6 is 0 Å². The van der Waals surface area contributed by atoms with Gasteiger partial charge in [-0.25, -0.2) is 0 Å². The molecule has 0 bridgehead atoms. The highest BCUT2D eigenvalue weighted by Gasteiger charge is 2.20. The van der Waals surface area contributed by atoms with Gasteiger partial charge in [-0.05, 0) is 57.8 Å². The standard InChI is InChI=1S/C73H141NO5/c1-3-5-7-9-11-13-15-17-39-42-45-49-53-57-61-65-71(76)70(69-75)74-72(77)66-62-58-54-50-46-43-40-37-35-33-31-29-27-25-23-21-19-18-20-22-24-26-28-30-32-34-36-38-41-44-48-52-56-60-64-68-79-73(78)67-63-59-55-51-47-16-14-12-10-8-6-4-2/h20,22,26,28,70-71,75-76H,3-19,21,23-25,27,29-69H2,1-2H3,(H,74,77)/b22-20-,28-26-. The predicted molar refractivity (Wildman–Crippen MR) is 347 cm³/mol. The topological polar surface area (TPSA) is 95.9 Å². The lowest BCUT2D eigenvalue weighted by Crippen LogP contribution is -2.45. The van der Waals surface area contributed by atoms with Crippen molar-refractivity contribution in [2.24, 2.45) is 0 Å². The van der Waals surface area contributed by atoms with Crippen molar-refractivity contribution in [3.63, 3.8) is 0 Å². The molecular formula is C73H141NO5. The maximum atomic E-state index is 12.5. The van der Waals surface area contributed by atoms with Crippen molar-refractivity contribution >= 4 is 11.9 Å². The number of nitrogens with one attached hydrogen (secondary N) is 1. The molecule has 0 fully saturated rings. The number of carbonyl (C=O) groups is 2. The molecule has 2 unspecified atom stereocenters. The molecule has 6 heteroatoms. The number of amides is 1. The molecule has 6 nitrogen and oxygen atoms in total. The molecule has 0 aromatic rings. The number of allylic oxidation sites excluding steroid dienone is 4. The highest BCUT2D eigenvalue weighted by atomic mass is 16.5. The number of hydrogen-bond acceptors (Lipinski definition) is 5. The molecule has 0 aromatic heterocycles. The first kappa shape index (κ1) is 77.3. The predicted octanol–water partition coefficient (Wildman–Crippen LogP) is 23.3. The van der Waals surface area contributed by atoms with Gasteiger partial charge in [0, 0.05) is 12.8 Å². The third kappa shape index (κ3) is 65.4. The van der Waals surface area contributed by atoms with E-state index in [1.165, 1.54) is 327 Å². The summed E-state index contributed by atoms with van der Waals surface area (Å²) in [4.78, 5) is 24.5. The van der Waals surface area contributed by atoms with E-state index >= 15 is 0 Å². The zero-order valence-electron chi connectivity index (χ0n) is 53.6. The number of ether oxygens (including phenoxy) is 1. The van der Waals surface area contributed by atoms with Crippen molar-refractivity contribution in [1.29, 1.82) is 0 Å². The summed E-state index contributed by atoms with van der Waals surface area (Å²) in [5, 5.41) is 23.3. The largest absolute Gasteiger partial charge is 0.466 e. The zero-order chi connectivity index (χ0) is 57.1. The summed E-state index contributed by atoms with van der Waals surface area (Å²) in [6.45, 7) is 4.99. The molecule has 1 amide bonds. The molecule has 0 aliphatic rings. The number of aliphatic hydroxyl groups excluding tert-OH is 2. The fourth-order valence-corrected chi connectivity index (χ4v) is 11.5. The second-order valence-electron chi connectivity index (χ2n) is 24.9. The van der Waals surface area contributed by atoms with Gasteiger partial charge in [-0.3, -0.25) is 9.59 Å². The van der Waals surface area contributed by atoms with E-state index < -0.39 is 12.1 Å². The molecule has 2 atom stereocenters. The molecule has 79 heavy (non-hydrogen) atoms. The molecule has 0 aliphatic heterocycles. The van der Waals surface area contributed by atoms with Gasteiger partial charge in [-0.15, -0.1) is 0 Å². The Morgan fingerprint density at radius 2 is 0.633 bits per heavy atom. The second kappa shape index (κ2) is 68.8. The lowest BCUT2D eigenvalue weighted by atomic mass is 10.0. The molecular weight excluding hydrogens is 971 g/mol. The average Bonchev–Trinajstić information content (AvgIpc) is 3.45. The number of carbonyl (C=O) groups excluding carboxylic acids is 2. The van der Waals surface area contributed by atoms with Gasteiger partial charge in [0.25, 0.3) is 0 Å². The SMILES string of the molecule is CCCCCCCCCCCCCCCCCC(O)C(CO)NC(=O)CCCCCCCCCCCCCCCCCCC/C=C\C/C=C\CCCCCCCCCCCCCOC(=O)CCCCCCCCCCCCCC. The van der Waals surface area contributed by atoms with Crippen LogP contribution in [0.3, 0.4) is 0 Å². The molecule has 468 valence electrons. The van der Waals surface area contributed by atoms with Crippen molar-refractivity contribution in [2.75, 3.05) is 13.2 Å². The van der Waals surface area contributed by atoms with E-state index in [-0.39, 0.29) is 18.5 Å². The van der Waals surface area contributed by atoms with Crippen LogP contribution < -0.4 is 5.32 Å². The minimum Gasteiger partial charge on any atom is -0.466 e. The molecule has 0 heterocycles. The van der Waals surface area contributed by atoms with Gasteiger partial charge in [-0.1, -0.05) is 359 Å². The summed E-state index contributed by atoms with van der Waals surface area (Å²) in [6, 6.07) is -0.539. The Morgan fingerprint density at radius 1 is 0.354 bits per heavy atom. The molecule has 0 saturated heterocycles. The van der Waals surface area contributed by atoms with Crippen LogP contribution in [-0.4, -0.2) is 47.4 Å². The van der Waals surface area contributed by atoms with Gasteiger partial charge in [0.1, 0.15) is 0 Å². The molecule has 0 radical (unpaired) electrons. The minimum absolute atomic E-state index is 0.0181. The second-order valence-corrected chi connectivity index (χ2v) is 24.9. The Kier molecular flexibility index (Phi) is 67.4. The van der Waals surface area contributed by atoms with Gasteiger partial charge >= 0.3 is 5.97 Å². The fourth-order valence-electron chi connectivity index (χ4n) is 11.5. The molecule has 0 saturated carbocycles. The van der Waals surface area contributed by atoms with Gasteiger partial charge in [0.2, 0.25) is 5.91 Å². The number of hydrogen-bond donors (Lipinski definition) is 3. The van der Waals surface area contributed by atoms with E-state index in [0.717, 1.165) is 44.9 Å². The minimum atomic E-state index is -0.662. The number of esters is 1. The van der Waals surface area contributed by atoms with Crippen molar-refractivity contribution in [1.82, 2.24) is 5.32 Å². The maximum Gasteiger partial charge on any atom is 0.305 e. The molecule has 0 rings (SSSR count). The Labute approximate surface area is 494 Å². The Bertz CT molecular complexity index is 1230. The Morgan fingerprint density at radius 3 is 0.962 bits per heavy atom. The third-order valence-corrected chi connectivity index (χ3v) is 17.0. The van der Waals surface area contributed by atoms with Crippen LogP contribution in [0.5, 0.6) is 0 Å². The Hall–Kier alpha value is -1.66. The summed E-state index contributed by atoms with van der Waals surface area (Å²) in [5.74, 6) is -0.0115. The quantitative estimate of drug-likeness (QED) is 0.0320. The molecule has 3 N–H and O–H groups in total. The summed E-state index contributed by atoms with van der Waals surface area (Å²) in [6.07, 6.45) is 86.7. The summed E-state index contributed by atoms with van der Waals surface area (Å²) in [5.41, 5.74) is 0. The lowest BCUT2D eigenvalue weighted by Gasteiger charge is -2.22. The van der Waals surface area contributed by atoms with Gasteiger partial charge in [-0.2, -0.15) is 0 Å². The van der Waals surface area contributed by atoms with Crippen LogP contribution in [0.25, 0.3) is 0 Å². The van der Waals surface area contributed by atoms with Crippen LogP contribution in [0.2, 0.25) is 0 Å². The average molecular weight is 1110 g/mol. The monoisotopic (exact) mass is 1110 g/mol. The van der Waals surface area contributed by atoms with Gasteiger partial charge < -0.3 is 20.3 Å². The van der Waals surface area contributed by atoms with E-state index in [1.807, 2.05) is 0 Å². The normalized spacial score (nSPS) is 12.6. The van der Waals surface area contributed by atoms with Crippen LogP contribution in [0.1, 0.15) is 406 Å². The smallest absolute Gasteiger partial charge is 0.305 e.